The van der Waals surface area contributed by atoms with Crippen LogP contribution in [0.4, 0.5) is 4.39 Å². The Bertz CT molecular complexity index is 630. The summed E-state index contributed by atoms with van der Waals surface area (Å²) in [4.78, 5) is -0.0532. The second kappa shape index (κ2) is 7.01. The summed E-state index contributed by atoms with van der Waals surface area (Å²) in [6.45, 7) is 0. The molecule has 0 heterocycles. The Morgan fingerprint density at radius 2 is 1.76 bits per heavy atom. The SMILES string of the molecule is N#Cc1cc(S(=O)(=O)NC2CCCCCCC2)ccc1F. The summed E-state index contributed by atoms with van der Waals surface area (Å²) in [5, 5.41) is 8.79. The number of sulfonamides is 1. The molecule has 1 aliphatic rings. The van der Waals surface area contributed by atoms with Crippen LogP contribution in [0.25, 0.3) is 0 Å². The minimum absolute atomic E-state index is 0.0532. The average molecular weight is 310 g/mol. The van der Waals surface area contributed by atoms with E-state index in [1.165, 1.54) is 12.5 Å². The normalized spacial score (nSPS) is 17.7. The Kier molecular flexibility index (Phi) is 5.32. The van der Waals surface area contributed by atoms with Crippen molar-refractivity contribution >= 4 is 10.0 Å². The molecule has 0 aromatic heterocycles. The second-order valence-electron chi connectivity index (χ2n) is 5.42. The molecular formula is C15H19FN2O2S. The summed E-state index contributed by atoms with van der Waals surface area (Å²) in [6, 6.07) is 4.88. The summed E-state index contributed by atoms with van der Waals surface area (Å²) < 4.78 is 40.6. The maximum Gasteiger partial charge on any atom is 0.240 e. The number of rotatable bonds is 3. The molecule has 0 saturated heterocycles. The molecule has 1 fully saturated rings. The van der Waals surface area contributed by atoms with Crippen LogP contribution < -0.4 is 4.72 Å². The van der Waals surface area contributed by atoms with E-state index in [0.717, 1.165) is 50.7 Å². The molecule has 6 heteroatoms. The highest BCUT2D eigenvalue weighted by molar-refractivity contribution is 7.89. The van der Waals surface area contributed by atoms with Gasteiger partial charge in [-0.3, -0.25) is 0 Å². The number of halogens is 1. The molecule has 0 radical (unpaired) electrons. The van der Waals surface area contributed by atoms with E-state index in [1.54, 1.807) is 6.07 Å². The van der Waals surface area contributed by atoms with E-state index in [2.05, 4.69) is 4.72 Å². The van der Waals surface area contributed by atoms with Gasteiger partial charge in [-0.1, -0.05) is 32.1 Å². The molecule has 4 nitrogen and oxygen atoms in total. The number of hydrogen-bond donors (Lipinski definition) is 1. The molecule has 1 aliphatic carbocycles. The van der Waals surface area contributed by atoms with Gasteiger partial charge in [0.05, 0.1) is 10.5 Å². The predicted molar refractivity (Wildman–Crippen MR) is 77.5 cm³/mol. The predicted octanol–water partition coefficient (Wildman–Crippen LogP) is 3.09. The lowest BCUT2D eigenvalue weighted by Gasteiger charge is -2.21. The zero-order valence-electron chi connectivity index (χ0n) is 11.8. The lowest BCUT2D eigenvalue weighted by atomic mass is 9.97. The number of nitrogens with zero attached hydrogens (tertiary/aromatic N) is 1. The Morgan fingerprint density at radius 3 is 2.38 bits per heavy atom. The molecule has 21 heavy (non-hydrogen) atoms. The third-order valence-electron chi connectivity index (χ3n) is 3.80. The van der Waals surface area contributed by atoms with E-state index >= 15 is 0 Å². The maximum atomic E-state index is 13.3. The minimum atomic E-state index is -3.71. The summed E-state index contributed by atoms with van der Waals surface area (Å²) in [5.74, 6) is -0.706. The molecule has 1 aromatic carbocycles. The van der Waals surface area contributed by atoms with Gasteiger partial charge in [0.15, 0.2) is 0 Å². The monoisotopic (exact) mass is 310 g/mol. The first-order valence-corrected chi connectivity index (χ1v) is 8.73. The van der Waals surface area contributed by atoms with Gasteiger partial charge in [0.25, 0.3) is 0 Å². The topological polar surface area (TPSA) is 70.0 Å². The zero-order valence-corrected chi connectivity index (χ0v) is 12.6. The van der Waals surface area contributed by atoms with Gasteiger partial charge in [0.2, 0.25) is 10.0 Å². The minimum Gasteiger partial charge on any atom is -0.208 e. The Hall–Kier alpha value is -1.45. The average Bonchev–Trinajstić information content (AvgIpc) is 2.42. The Balaban J connectivity index is 2.15. The van der Waals surface area contributed by atoms with Crippen molar-refractivity contribution in [2.45, 2.75) is 55.9 Å². The molecule has 114 valence electrons. The molecule has 0 amide bonds. The maximum absolute atomic E-state index is 13.3. The third kappa shape index (κ3) is 4.26. The van der Waals surface area contributed by atoms with Gasteiger partial charge >= 0.3 is 0 Å². The standard InChI is InChI=1S/C15H19FN2O2S/c16-15-9-8-14(10-12(15)11-17)21(19,20)18-13-6-4-2-1-3-5-7-13/h8-10,13,18H,1-7H2. The molecule has 0 unspecified atom stereocenters. The van der Waals surface area contributed by atoms with Crippen LogP contribution in [0.1, 0.15) is 50.5 Å². The van der Waals surface area contributed by atoms with Crippen molar-refractivity contribution in [3.8, 4) is 6.07 Å². The van der Waals surface area contributed by atoms with Gasteiger partial charge in [0.1, 0.15) is 11.9 Å². The molecule has 2 rings (SSSR count). The fourth-order valence-electron chi connectivity index (χ4n) is 2.62. The van der Waals surface area contributed by atoms with Crippen molar-refractivity contribution in [3.05, 3.63) is 29.6 Å². The van der Waals surface area contributed by atoms with E-state index in [9.17, 15) is 12.8 Å². The molecule has 1 N–H and O–H groups in total. The van der Waals surface area contributed by atoms with Crippen molar-refractivity contribution in [1.29, 1.82) is 5.26 Å². The van der Waals surface area contributed by atoms with Crippen LogP contribution in [0.15, 0.2) is 23.1 Å². The fourth-order valence-corrected chi connectivity index (χ4v) is 3.95. The van der Waals surface area contributed by atoms with E-state index < -0.39 is 15.8 Å². The van der Waals surface area contributed by atoms with E-state index in [1.807, 2.05) is 0 Å². The molecule has 0 atom stereocenters. The summed E-state index contributed by atoms with van der Waals surface area (Å²) in [7, 11) is -3.71. The number of nitrogens with one attached hydrogen (secondary N) is 1. The first-order valence-electron chi connectivity index (χ1n) is 7.25. The first kappa shape index (κ1) is 15.9. The molecule has 1 aromatic rings. The van der Waals surface area contributed by atoms with Crippen LogP contribution in [0.5, 0.6) is 0 Å². The van der Waals surface area contributed by atoms with Crippen LogP contribution in [-0.2, 0) is 10.0 Å². The summed E-state index contributed by atoms with van der Waals surface area (Å²) in [5.41, 5.74) is -0.254. The second-order valence-corrected chi connectivity index (χ2v) is 7.13. The zero-order chi connectivity index (χ0) is 15.3. The number of benzene rings is 1. The Morgan fingerprint density at radius 1 is 1.14 bits per heavy atom. The molecule has 0 bridgehead atoms. The highest BCUT2D eigenvalue weighted by atomic mass is 32.2. The van der Waals surface area contributed by atoms with Crippen molar-refractivity contribution in [2.24, 2.45) is 0 Å². The third-order valence-corrected chi connectivity index (χ3v) is 5.31. The van der Waals surface area contributed by atoms with E-state index in [4.69, 9.17) is 5.26 Å². The van der Waals surface area contributed by atoms with Gasteiger partial charge < -0.3 is 0 Å². The highest BCUT2D eigenvalue weighted by Crippen LogP contribution is 2.20. The van der Waals surface area contributed by atoms with Gasteiger partial charge in [-0.25, -0.2) is 17.5 Å². The number of hydrogen-bond acceptors (Lipinski definition) is 3. The van der Waals surface area contributed by atoms with Crippen molar-refractivity contribution in [2.75, 3.05) is 0 Å². The lowest BCUT2D eigenvalue weighted by Crippen LogP contribution is -2.35. The van der Waals surface area contributed by atoms with Crippen molar-refractivity contribution in [3.63, 3.8) is 0 Å². The Labute approximate surface area is 125 Å². The van der Waals surface area contributed by atoms with Crippen LogP contribution in [0.3, 0.4) is 0 Å². The summed E-state index contributed by atoms with van der Waals surface area (Å²) in [6.07, 6.45) is 7.15. The van der Waals surface area contributed by atoms with Crippen molar-refractivity contribution in [1.82, 2.24) is 4.72 Å². The quantitative estimate of drug-likeness (QED) is 0.932. The molecule has 1 saturated carbocycles. The van der Waals surface area contributed by atoms with Crippen molar-refractivity contribution < 1.29 is 12.8 Å². The largest absolute Gasteiger partial charge is 0.240 e. The van der Waals surface area contributed by atoms with Crippen LogP contribution in [0, 0.1) is 17.1 Å². The van der Waals surface area contributed by atoms with Crippen LogP contribution in [0.2, 0.25) is 0 Å². The molecule has 0 aliphatic heterocycles. The highest BCUT2D eigenvalue weighted by Gasteiger charge is 2.21. The van der Waals surface area contributed by atoms with Gasteiger partial charge in [-0.15, -0.1) is 0 Å². The van der Waals surface area contributed by atoms with Crippen LogP contribution in [-0.4, -0.2) is 14.5 Å². The fraction of sp³-hybridized carbons (Fsp3) is 0.533. The van der Waals surface area contributed by atoms with E-state index in [-0.39, 0.29) is 16.5 Å². The van der Waals surface area contributed by atoms with Gasteiger partial charge in [-0.05, 0) is 31.0 Å². The van der Waals surface area contributed by atoms with Gasteiger partial charge in [0, 0.05) is 6.04 Å². The van der Waals surface area contributed by atoms with Crippen LogP contribution >= 0.6 is 0 Å². The lowest BCUT2D eigenvalue weighted by molar-refractivity contribution is 0.426. The summed E-state index contributed by atoms with van der Waals surface area (Å²) >= 11 is 0. The van der Waals surface area contributed by atoms with Gasteiger partial charge in [-0.2, -0.15) is 5.26 Å². The smallest absolute Gasteiger partial charge is 0.208 e. The number of nitriles is 1. The molecule has 0 spiro atoms. The first-order chi connectivity index (χ1) is 10.0. The molecular weight excluding hydrogens is 291 g/mol. The van der Waals surface area contributed by atoms with E-state index in [0.29, 0.717) is 0 Å².